The van der Waals surface area contributed by atoms with Crippen molar-refractivity contribution in [1.82, 2.24) is 5.32 Å². The molecule has 0 aromatic rings. The van der Waals surface area contributed by atoms with Gasteiger partial charge in [-0.25, -0.2) is 8.78 Å². The van der Waals surface area contributed by atoms with Crippen LogP contribution in [0.15, 0.2) is 0 Å². The number of rotatable bonds is 6. The van der Waals surface area contributed by atoms with Gasteiger partial charge in [0.05, 0.1) is 0 Å². The third kappa shape index (κ3) is 4.20. The van der Waals surface area contributed by atoms with Crippen LogP contribution in [0.3, 0.4) is 0 Å². The summed E-state index contributed by atoms with van der Waals surface area (Å²) in [6.07, 6.45) is 1.81. The first-order valence-corrected chi connectivity index (χ1v) is 6.87. The van der Waals surface area contributed by atoms with Gasteiger partial charge in [0, 0.05) is 19.4 Å². The Morgan fingerprint density at radius 3 is 2.47 bits per heavy atom. The fraction of sp³-hybridized carbons (Fsp3) is 1.00. The minimum atomic E-state index is -2.40. The van der Waals surface area contributed by atoms with E-state index in [0.717, 1.165) is 19.5 Å². The van der Waals surface area contributed by atoms with Crippen LogP contribution in [0.4, 0.5) is 8.78 Å². The number of halogens is 2. The Morgan fingerprint density at radius 1 is 1.41 bits per heavy atom. The van der Waals surface area contributed by atoms with Gasteiger partial charge in [-0.1, -0.05) is 27.7 Å². The molecular formula is C14H27F2N. The molecule has 0 aromatic carbocycles. The Morgan fingerprint density at radius 2 is 2.06 bits per heavy atom. The molecule has 1 N–H and O–H groups in total. The van der Waals surface area contributed by atoms with E-state index in [-0.39, 0.29) is 24.2 Å². The summed E-state index contributed by atoms with van der Waals surface area (Å²) in [6, 6.07) is 0. The predicted octanol–water partition coefficient (Wildman–Crippen LogP) is 4.08. The normalized spacial score (nSPS) is 27.4. The van der Waals surface area contributed by atoms with Gasteiger partial charge in [-0.3, -0.25) is 0 Å². The molecule has 0 amide bonds. The molecule has 0 spiro atoms. The van der Waals surface area contributed by atoms with Crippen molar-refractivity contribution in [3.8, 4) is 0 Å². The molecule has 1 saturated carbocycles. The third-order valence-electron chi connectivity index (χ3n) is 4.43. The second-order valence-electron chi connectivity index (χ2n) is 6.26. The number of nitrogens with one attached hydrogen (secondary N) is 1. The lowest BCUT2D eigenvalue weighted by molar-refractivity contribution is 0.00186. The molecule has 102 valence electrons. The predicted molar refractivity (Wildman–Crippen MR) is 68.4 cm³/mol. The summed E-state index contributed by atoms with van der Waals surface area (Å²) in [5.41, 5.74) is 0.140. The molecule has 0 aliphatic heterocycles. The van der Waals surface area contributed by atoms with Crippen LogP contribution in [0.1, 0.15) is 53.4 Å². The summed E-state index contributed by atoms with van der Waals surface area (Å²) >= 11 is 0. The Balaban J connectivity index is 2.55. The van der Waals surface area contributed by atoms with Crippen molar-refractivity contribution < 1.29 is 8.78 Å². The Bertz CT molecular complexity index is 240. The fourth-order valence-corrected chi connectivity index (χ4v) is 2.80. The van der Waals surface area contributed by atoms with Crippen molar-refractivity contribution in [3.05, 3.63) is 0 Å². The summed E-state index contributed by atoms with van der Waals surface area (Å²) in [5, 5.41) is 3.38. The van der Waals surface area contributed by atoms with Gasteiger partial charge >= 0.3 is 0 Å². The Labute approximate surface area is 104 Å². The average molecular weight is 247 g/mol. The zero-order valence-corrected chi connectivity index (χ0v) is 11.7. The zero-order valence-electron chi connectivity index (χ0n) is 11.7. The standard InChI is InChI=1S/C14H27F2N/c1-5-17-10-13(4,11(2)3)8-12-6-7-14(15,16)9-12/h11-12,17H,5-10H2,1-4H3. The summed E-state index contributed by atoms with van der Waals surface area (Å²) < 4.78 is 26.4. The molecule has 0 aromatic heterocycles. The highest BCUT2D eigenvalue weighted by Crippen LogP contribution is 2.45. The molecule has 0 radical (unpaired) electrons. The van der Waals surface area contributed by atoms with Gasteiger partial charge in [0.1, 0.15) is 0 Å². The van der Waals surface area contributed by atoms with Crippen molar-refractivity contribution in [3.63, 3.8) is 0 Å². The second-order valence-corrected chi connectivity index (χ2v) is 6.26. The largest absolute Gasteiger partial charge is 0.316 e. The smallest absolute Gasteiger partial charge is 0.248 e. The molecule has 1 nitrogen and oxygen atoms in total. The highest BCUT2D eigenvalue weighted by atomic mass is 19.3. The van der Waals surface area contributed by atoms with E-state index >= 15 is 0 Å². The maximum absolute atomic E-state index is 13.2. The molecule has 2 atom stereocenters. The Kier molecular flexibility index (Phi) is 4.94. The Hall–Kier alpha value is -0.180. The van der Waals surface area contributed by atoms with E-state index in [9.17, 15) is 8.78 Å². The minimum absolute atomic E-state index is 0.0903. The van der Waals surface area contributed by atoms with Gasteiger partial charge < -0.3 is 5.32 Å². The van der Waals surface area contributed by atoms with Crippen LogP contribution in [-0.4, -0.2) is 19.0 Å². The molecule has 1 rings (SSSR count). The first-order chi connectivity index (χ1) is 7.79. The van der Waals surface area contributed by atoms with Crippen molar-refractivity contribution in [1.29, 1.82) is 0 Å². The van der Waals surface area contributed by atoms with E-state index in [1.807, 2.05) is 0 Å². The van der Waals surface area contributed by atoms with E-state index in [2.05, 4.69) is 33.0 Å². The zero-order chi connectivity index (χ0) is 13.1. The highest BCUT2D eigenvalue weighted by Gasteiger charge is 2.42. The van der Waals surface area contributed by atoms with Crippen LogP contribution >= 0.6 is 0 Å². The molecule has 3 heteroatoms. The van der Waals surface area contributed by atoms with Gasteiger partial charge in [0.15, 0.2) is 0 Å². The number of hydrogen-bond donors (Lipinski definition) is 1. The average Bonchev–Trinajstić information content (AvgIpc) is 2.54. The molecule has 2 unspecified atom stereocenters. The highest BCUT2D eigenvalue weighted by molar-refractivity contribution is 4.88. The number of hydrogen-bond acceptors (Lipinski definition) is 1. The minimum Gasteiger partial charge on any atom is -0.316 e. The van der Waals surface area contributed by atoms with Crippen LogP contribution in [0.5, 0.6) is 0 Å². The van der Waals surface area contributed by atoms with Crippen LogP contribution in [0.2, 0.25) is 0 Å². The summed E-state index contributed by atoms with van der Waals surface area (Å²) in [4.78, 5) is 0. The molecule has 1 aliphatic carbocycles. The molecule has 1 fully saturated rings. The van der Waals surface area contributed by atoms with Gasteiger partial charge in [-0.15, -0.1) is 0 Å². The van der Waals surface area contributed by atoms with E-state index in [1.165, 1.54) is 0 Å². The lowest BCUT2D eigenvalue weighted by Crippen LogP contribution is -2.37. The first kappa shape index (κ1) is 14.9. The van der Waals surface area contributed by atoms with Gasteiger partial charge in [-0.05, 0) is 36.6 Å². The molecule has 1 aliphatic rings. The van der Waals surface area contributed by atoms with E-state index in [4.69, 9.17) is 0 Å². The lowest BCUT2D eigenvalue weighted by Gasteiger charge is -2.36. The van der Waals surface area contributed by atoms with Gasteiger partial charge in [0.2, 0.25) is 5.92 Å². The van der Waals surface area contributed by atoms with Crippen molar-refractivity contribution in [2.75, 3.05) is 13.1 Å². The van der Waals surface area contributed by atoms with Gasteiger partial charge in [-0.2, -0.15) is 0 Å². The van der Waals surface area contributed by atoms with Crippen molar-refractivity contribution in [2.45, 2.75) is 59.3 Å². The maximum Gasteiger partial charge on any atom is 0.248 e. The topological polar surface area (TPSA) is 12.0 Å². The molecular weight excluding hydrogens is 220 g/mol. The van der Waals surface area contributed by atoms with Crippen LogP contribution in [-0.2, 0) is 0 Å². The SMILES string of the molecule is CCNCC(C)(CC1CCC(F)(F)C1)C(C)C. The summed E-state index contributed by atoms with van der Waals surface area (Å²) in [7, 11) is 0. The van der Waals surface area contributed by atoms with Crippen molar-refractivity contribution >= 4 is 0 Å². The molecule has 0 bridgehead atoms. The van der Waals surface area contributed by atoms with Gasteiger partial charge in [0.25, 0.3) is 0 Å². The molecule has 17 heavy (non-hydrogen) atoms. The lowest BCUT2D eigenvalue weighted by atomic mass is 9.72. The van der Waals surface area contributed by atoms with Crippen molar-refractivity contribution in [2.24, 2.45) is 17.3 Å². The summed E-state index contributed by atoms with van der Waals surface area (Å²) in [5.74, 6) is -1.67. The first-order valence-electron chi connectivity index (χ1n) is 6.87. The molecule has 0 saturated heterocycles. The summed E-state index contributed by atoms with van der Waals surface area (Å²) in [6.45, 7) is 10.6. The van der Waals surface area contributed by atoms with Crippen LogP contribution in [0, 0.1) is 17.3 Å². The quantitative estimate of drug-likeness (QED) is 0.745. The van der Waals surface area contributed by atoms with E-state index in [0.29, 0.717) is 12.3 Å². The van der Waals surface area contributed by atoms with E-state index in [1.54, 1.807) is 0 Å². The second kappa shape index (κ2) is 5.64. The monoisotopic (exact) mass is 247 g/mol. The maximum atomic E-state index is 13.2. The van der Waals surface area contributed by atoms with E-state index < -0.39 is 5.92 Å². The third-order valence-corrected chi connectivity index (χ3v) is 4.43. The van der Waals surface area contributed by atoms with Crippen LogP contribution < -0.4 is 5.32 Å². The fourth-order valence-electron chi connectivity index (χ4n) is 2.80. The number of alkyl halides is 2. The van der Waals surface area contributed by atoms with Crippen LogP contribution in [0.25, 0.3) is 0 Å². The molecule has 0 heterocycles.